The average molecular weight is 427 g/mol. The van der Waals surface area contributed by atoms with Crippen LogP contribution in [0.2, 0.25) is 0 Å². The molecule has 0 spiro atoms. The van der Waals surface area contributed by atoms with E-state index < -0.39 is 0 Å². The molecule has 1 amide bonds. The summed E-state index contributed by atoms with van der Waals surface area (Å²) in [5.74, 6) is -0.189. The summed E-state index contributed by atoms with van der Waals surface area (Å²) >= 11 is 4.76. The van der Waals surface area contributed by atoms with E-state index in [1.165, 1.54) is 27.8 Å². The van der Waals surface area contributed by atoms with E-state index in [9.17, 15) is 4.79 Å². The van der Waals surface area contributed by atoms with E-state index >= 15 is 0 Å². The molecule has 0 bridgehead atoms. The Kier molecular flexibility index (Phi) is 4.57. The lowest BCUT2D eigenvalue weighted by atomic mass is 10.1. The molecule has 4 aromatic rings. The van der Waals surface area contributed by atoms with Crippen molar-refractivity contribution in [3.63, 3.8) is 0 Å². The summed E-state index contributed by atoms with van der Waals surface area (Å²) in [4.78, 5) is 12.3. The van der Waals surface area contributed by atoms with Crippen molar-refractivity contribution < 1.29 is 4.79 Å². The van der Waals surface area contributed by atoms with Gasteiger partial charge in [0.2, 0.25) is 5.13 Å². The molecule has 0 radical (unpaired) electrons. The SMILES string of the molecule is Cn1cc(Cc2nnc(NC(=O)c3ccc(Br)cc3)s2)c2ccccc21. The predicted molar refractivity (Wildman–Crippen MR) is 108 cm³/mol. The Morgan fingerprint density at radius 3 is 2.73 bits per heavy atom. The number of nitrogens with zero attached hydrogens (tertiary/aromatic N) is 3. The van der Waals surface area contributed by atoms with Gasteiger partial charge in [-0.25, -0.2) is 0 Å². The number of benzene rings is 2. The van der Waals surface area contributed by atoms with Crippen LogP contribution in [0.25, 0.3) is 10.9 Å². The minimum Gasteiger partial charge on any atom is -0.350 e. The highest BCUT2D eigenvalue weighted by Crippen LogP contribution is 2.25. The number of nitrogens with one attached hydrogen (secondary N) is 1. The fraction of sp³-hybridized carbons (Fsp3) is 0.105. The van der Waals surface area contributed by atoms with E-state index in [1.54, 1.807) is 12.1 Å². The highest BCUT2D eigenvalue weighted by atomic mass is 79.9. The van der Waals surface area contributed by atoms with Crippen molar-refractivity contribution in [2.45, 2.75) is 6.42 Å². The molecule has 7 heteroatoms. The Labute approximate surface area is 162 Å². The van der Waals surface area contributed by atoms with Gasteiger partial charge in [-0.15, -0.1) is 10.2 Å². The van der Waals surface area contributed by atoms with Crippen LogP contribution in [-0.4, -0.2) is 20.7 Å². The molecule has 0 saturated heterocycles. The van der Waals surface area contributed by atoms with E-state index in [-0.39, 0.29) is 5.91 Å². The van der Waals surface area contributed by atoms with Gasteiger partial charge < -0.3 is 4.57 Å². The summed E-state index contributed by atoms with van der Waals surface area (Å²) < 4.78 is 3.05. The quantitative estimate of drug-likeness (QED) is 0.517. The Morgan fingerprint density at radius 1 is 1.15 bits per heavy atom. The summed E-state index contributed by atoms with van der Waals surface area (Å²) in [6, 6.07) is 15.5. The minimum absolute atomic E-state index is 0.189. The van der Waals surface area contributed by atoms with Gasteiger partial charge in [0.05, 0.1) is 0 Å². The van der Waals surface area contributed by atoms with Crippen molar-refractivity contribution in [2.24, 2.45) is 7.05 Å². The number of halogens is 1. The third-order valence-corrected chi connectivity index (χ3v) is 5.48. The zero-order valence-corrected chi connectivity index (χ0v) is 16.3. The molecule has 2 aromatic carbocycles. The van der Waals surface area contributed by atoms with E-state index in [0.29, 0.717) is 17.1 Å². The highest BCUT2D eigenvalue weighted by molar-refractivity contribution is 9.10. The Hall–Kier alpha value is -2.51. The van der Waals surface area contributed by atoms with E-state index in [4.69, 9.17) is 0 Å². The van der Waals surface area contributed by atoms with Crippen molar-refractivity contribution in [1.82, 2.24) is 14.8 Å². The lowest BCUT2D eigenvalue weighted by Crippen LogP contribution is -2.11. The molecule has 26 heavy (non-hydrogen) atoms. The molecule has 4 rings (SSSR count). The number of carbonyl (C=O) groups is 1. The zero-order valence-electron chi connectivity index (χ0n) is 13.9. The van der Waals surface area contributed by atoms with E-state index in [1.807, 2.05) is 31.3 Å². The molecule has 2 heterocycles. The number of aryl methyl sites for hydroxylation is 1. The smallest absolute Gasteiger partial charge is 0.257 e. The van der Waals surface area contributed by atoms with E-state index in [0.717, 1.165) is 9.48 Å². The van der Waals surface area contributed by atoms with Crippen molar-refractivity contribution >= 4 is 49.2 Å². The first kappa shape index (κ1) is 16.9. The van der Waals surface area contributed by atoms with Crippen LogP contribution in [-0.2, 0) is 13.5 Å². The largest absolute Gasteiger partial charge is 0.350 e. The second-order valence-corrected chi connectivity index (χ2v) is 7.90. The Bertz CT molecular complexity index is 1080. The minimum atomic E-state index is -0.189. The first-order valence-electron chi connectivity index (χ1n) is 8.02. The number of fused-ring (bicyclic) bond motifs is 1. The number of hydrogen-bond donors (Lipinski definition) is 1. The van der Waals surface area contributed by atoms with Crippen LogP contribution < -0.4 is 5.32 Å². The molecule has 0 aliphatic heterocycles. The molecule has 130 valence electrons. The summed E-state index contributed by atoms with van der Waals surface area (Å²) in [7, 11) is 2.04. The van der Waals surface area contributed by atoms with Crippen molar-refractivity contribution in [3.8, 4) is 0 Å². The lowest BCUT2D eigenvalue weighted by molar-refractivity contribution is 0.102. The first-order valence-corrected chi connectivity index (χ1v) is 9.63. The summed E-state index contributed by atoms with van der Waals surface area (Å²) in [6.45, 7) is 0. The predicted octanol–water partition coefficient (Wildman–Crippen LogP) is 4.64. The van der Waals surface area contributed by atoms with Gasteiger partial charge in [-0.2, -0.15) is 0 Å². The van der Waals surface area contributed by atoms with Gasteiger partial charge in [0, 0.05) is 40.6 Å². The average Bonchev–Trinajstić information content (AvgIpc) is 3.21. The summed E-state index contributed by atoms with van der Waals surface area (Å²) in [5.41, 5.74) is 2.97. The monoisotopic (exact) mass is 426 g/mol. The van der Waals surface area contributed by atoms with E-state index in [2.05, 4.69) is 54.3 Å². The van der Waals surface area contributed by atoms with Gasteiger partial charge in [0.25, 0.3) is 5.91 Å². The topological polar surface area (TPSA) is 59.8 Å². The summed E-state index contributed by atoms with van der Waals surface area (Å²) in [5, 5.41) is 13.7. The molecule has 2 aromatic heterocycles. The Morgan fingerprint density at radius 2 is 1.92 bits per heavy atom. The number of hydrogen-bond acceptors (Lipinski definition) is 4. The molecule has 5 nitrogen and oxygen atoms in total. The van der Waals surface area contributed by atoms with Crippen LogP contribution in [0.15, 0.2) is 59.2 Å². The molecule has 0 aliphatic rings. The van der Waals surface area contributed by atoms with Crippen LogP contribution in [0.4, 0.5) is 5.13 Å². The molecule has 1 N–H and O–H groups in total. The number of aromatic nitrogens is 3. The van der Waals surface area contributed by atoms with Gasteiger partial charge in [0.15, 0.2) is 0 Å². The molecule has 0 saturated carbocycles. The number of rotatable bonds is 4. The first-order chi connectivity index (χ1) is 12.6. The fourth-order valence-corrected chi connectivity index (χ4v) is 3.90. The molecule has 0 unspecified atom stereocenters. The highest BCUT2D eigenvalue weighted by Gasteiger charge is 2.13. The van der Waals surface area contributed by atoms with Crippen molar-refractivity contribution in [1.29, 1.82) is 0 Å². The second-order valence-electron chi connectivity index (χ2n) is 5.92. The van der Waals surface area contributed by atoms with Gasteiger partial charge in [-0.05, 0) is 35.9 Å². The molecular weight excluding hydrogens is 412 g/mol. The molecule has 0 fully saturated rings. The lowest BCUT2D eigenvalue weighted by Gasteiger charge is -2.00. The third-order valence-electron chi connectivity index (χ3n) is 4.11. The maximum atomic E-state index is 12.3. The van der Waals surface area contributed by atoms with Gasteiger partial charge >= 0.3 is 0 Å². The van der Waals surface area contributed by atoms with Crippen LogP contribution in [0, 0.1) is 0 Å². The standard InChI is InChI=1S/C19H15BrN4OS/c1-24-11-13(15-4-2-3-5-16(15)24)10-17-22-23-19(26-17)21-18(25)12-6-8-14(20)9-7-12/h2-9,11H,10H2,1H3,(H,21,23,25). The van der Waals surface area contributed by atoms with Gasteiger partial charge in [-0.1, -0.05) is 45.5 Å². The van der Waals surface area contributed by atoms with Crippen LogP contribution in [0.5, 0.6) is 0 Å². The molecular formula is C19H15BrN4OS. The van der Waals surface area contributed by atoms with Gasteiger partial charge in [-0.3, -0.25) is 10.1 Å². The molecule has 0 atom stereocenters. The maximum absolute atomic E-state index is 12.3. The number of carbonyl (C=O) groups excluding carboxylic acids is 1. The van der Waals surface area contributed by atoms with Crippen molar-refractivity contribution in [2.75, 3.05) is 5.32 Å². The Balaban J connectivity index is 1.51. The second kappa shape index (κ2) is 7.01. The third kappa shape index (κ3) is 3.40. The molecule has 0 aliphatic carbocycles. The fourth-order valence-electron chi connectivity index (χ4n) is 2.88. The van der Waals surface area contributed by atoms with Crippen LogP contribution in [0.3, 0.4) is 0 Å². The zero-order chi connectivity index (χ0) is 18.1. The van der Waals surface area contributed by atoms with Crippen molar-refractivity contribution in [3.05, 3.63) is 75.3 Å². The summed E-state index contributed by atoms with van der Waals surface area (Å²) in [6.07, 6.45) is 2.80. The number of para-hydroxylation sites is 1. The number of anilines is 1. The normalized spacial score (nSPS) is 11.0. The number of amides is 1. The maximum Gasteiger partial charge on any atom is 0.257 e. The van der Waals surface area contributed by atoms with Crippen LogP contribution >= 0.6 is 27.3 Å². The van der Waals surface area contributed by atoms with Gasteiger partial charge in [0.1, 0.15) is 5.01 Å². The van der Waals surface area contributed by atoms with Crippen LogP contribution in [0.1, 0.15) is 20.9 Å².